The van der Waals surface area contributed by atoms with Crippen LogP contribution in [0.2, 0.25) is 0 Å². The minimum Gasteiger partial charge on any atom is -0.497 e. The average Bonchev–Trinajstić information content (AvgIpc) is 3.38. The van der Waals surface area contributed by atoms with E-state index in [1.165, 1.54) is 28.4 Å². The monoisotopic (exact) mass is 565 g/mol. The Hall–Kier alpha value is -3.41. The predicted octanol–water partition coefficient (Wildman–Crippen LogP) is 3.17. The Morgan fingerprint density at radius 3 is 2.26 bits per heavy atom. The number of para-hydroxylation sites is 1. The zero-order valence-electron chi connectivity index (χ0n) is 20.4. The van der Waals surface area contributed by atoms with Crippen LogP contribution in [0.25, 0.3) is 0 Å². The summed E-state index contributed by atoms with van der Waals surface area (Å²) in [5.74, 6) is -0.494. The molecule has 3 aromatic rings. The number of piperazine rings is 1. The van der Waals surface area contributed by atoms with Crippen LogP contribution in [-0.4, -0.2) is 60.2 Å². The van der Waals surface area contributed by atoms with E-state index in [1.54, 1.807) is 49.6 Å². The Morgan fingerprint density at radius 2 is 1.61 bits per heavy atom. The van der Waals surface area contributed by atoms with Gasteiger partial charge in [0.15, 0.2) is 9.86 Å². The third-order valence-corrected chi connectivity index (χ3v) is 10.5. The van der Waals surface area contributed by atoms with E-state index in [1.807, 2.05) is 24.3 Å². The number of hydrogen-bond acceptors (Lipinski definition) is 7. The van der Waals surface area contributed by atoms with Crippen molar-refractivity contribution in [1.29, 1.82) is 0 Å². The highest BCUT2D eigenvalue weighted by Gasteiger charge is 2.73. The van der Waals surface area contributed by atoms with Gasteiger partial charge in [0.05, 0.1) is 23.1 Å². The SMILES string of the molecule is COc1ccc([C@]23C[C@]4(S)C(=O)N(C)C(=S)C(=O)N4[C@H]2N(S(=O)(=O)c2ccccc2)c2ccccc23)cc1. The van der Waals surface area contributed by atoms with Crippen LogP contribution in [0.3, 0.4) is 0 Å². The van der Waals surface area contributed by atoms with E-state index < -0.39 is 38.3 Å². The van der Waals surface area contributed by atoms with Crippen molar-refractivity contribution in [1.82, 2.24) is 9.80 Å². The number of thiol groups is 1. The van der Waals surface area contributed by atoms with E-state index in [4.69, 9.17) is 29.6 Å². The van der Waals surface area contributed by atoms with E-state index in [0.29, 0.717) is 17.0 Å². The highest BCUT2D eigenvalue weighted by atomic mass is 32.2. The lowest BCUT2D eigenvalue weighted by atomic mass is 9.72. The molecule has 6 rings (SSSR count). The number of fused-ring (bicyclic) bond motifs is 5. The van der Waals surface area contributed by atoms with Crippen molar-refractivity contribution in [2.24, 2.45) is 0 Å². The van der Waals surface area contributed by atoms with Crippen LogP contribution in [0.5, 0.6) is 5.75 Å². The van der Waals surface area contributed by atoms with Crippen molar-refractivity contribution in [3.63, 3.8) is 0 Å². The molecular weight excluding hydrogens is 543 g/mol. The molecule has 0 aliphatic carbocycles. The van der Waals surface area contributed by atoms with E-state index in [0.717, 1.165) is 10.5 Å². The molecule has 3 aliphatic heterocycles. The first kappa shape index (κ1) is 24.9. The Balaban J connectivity index is 1.70. The molecule has 3 heterocycles. The van der Waals surface area contributed by atoms with Crippen molar-refractivity contribution < 1.29 is 22.7 Å². The summed E-state index contributed by atoms with van der Waals surface area (Å²) >= 11 is 10.2. The van der Waals surface area contributed by atoms with Crippen LogP contribution in [0.15, 0.2) is 83.8 Å². The number of benzene rings is 3. The fourth-order valence-corrected chi connectivity index (χ4v) is 8.49. The van der Waals surface area contributed by atoms with Crippen molar-refractivity contribution in [3.05, 3.63) is 90.0 Å². The van der Waals surface area contributed by atoms with Crippen molar-refractivity contribution >= 4 is 57.4 Å². The molecular formula is C27H23N3O5S3. The summed E-state index contributed by atoms with van der Waals surface area (Å²) in [6, 6.07) is 22.4. The number of hydrogen-bond donors (Lipinski definition) is 1. The second-order valence-electron chi connectivity index (χ2n) is 9.54. The van der Waals surface area contributed by atoms with Gasteiger partial charge in [0.1, 0.15) is 11.9 Å². The van der Waals surface area contributed by atoms with Crippen LogP contribution in [0, 0.1) is 0 Å². The molecule has 0 N–H and O–H groups in total. The molecule has 0 saturated carbocycles. The lowest BCUT2D eigenvalue weighted by molar-refractivity contribution is -0.145. The topological polar surface area (TPSA) is 87.2 Å². The fourth-order valence-electron chi connectivity index (χ4n) is 6.03. The Morgan fingerprint density at radius 1 is 0.974 bits per heavy atom. The summed E-state index contributed by atoms with van der Waals surface area (Å²) in [5.41, 5.74) is 0.696. The summed E-state index contributed by atoms with van der Waals surface area (Å²) < 4.78 is 35.3. The maximum Gasteiger partial charge on any atom is 0.285 e. The van der Waals surface area contributed by atoms with E-state index in [2.05, 4.69) is 0 Å². The lowest BCUT2D eigenvalue weighted by Crippen LogP contribution is -2.68. The van der Waals surface area contributed by atoms with Gasteiger partial charge in [-0.05, 0) is 41.5 Å². The molecule has 2 saturated heterocycles. The first-order chi connectivity index (χ1) is 18.1. The number of sulfonamides is 1. The molecule has 11 heteroatoms. The number of thiocarbonyl (C=S) groups is 1. The molecule has 0 spiro atoms. The van der Waals surface area contributed by atoms with Crippen LogP contribution in [-0.2, 0) is 25.0 Å². The molecule has 3 atom stereocenters. The Bertz CT molecular complexity index is 1610. The fraction of sp³-hybridized carbons (Fsp3) is 0.222. The van der Waals surface area contributed by atoms with Crippen LogP contribution in [0.1, 0.15) is 17.5 Å². The summed E-state index contributed by atoms with van der Waals surface area (Å²) in [6.45, 7) is 0. The summed E-state index contributed by atoms with van der Waals surface area (Å²) in [7, 11) is -1.20. The second kappa shape index (κ2) is 8.29. The molecule has 38 heavy (non-hydrogen) atoms. The van der Waals surface area contributed by atoms with Gasteiger partial charge in [0.25, 0.3) is 21.8 Å². The zero-order valence-corrected chi connectivity index (χ0v) is 23.0. The van der Waals surface area contributed by atoms with Gasteiger partial charge in [-0.3, -0.25) is 19.4 Å². The number of ether oxygens (including phenoxy) is 1. The number of anilines is 1. The highest BCUT2D eigenvalue weighted by Crippen LogP contribution is 2.63. The number of likely N-dealkylation sites (N-methyl/N-ethyl adjacent to an activating group) is 1. The van der Waals surface area contributed by atoms with E-state index in [9.17, 15) is 18.0 Å². The summed E-state index contributed by atoms with van der Waals surface area (Å²) in [5, 5.41) is 0. The van der Waals surface area contributed by atoms with Crippen molar-refractivity contribution in [2.45, 2.75) is 27.8 Å². The number of carbonyl (C=O) groups excluding carboxylic acids is 2. The Labute approximate surface area is 231 Å². The second-order valence-corrected chi connectivity index (χ2v) is 12.5. The number of nitrogens with zero attached hydrogens (tertiary/aromatic N) is 3. The largest absolute Gasteiger partial charge is 0.497 e. The van der Waals surface area contributed by atoms with E-state index >= 15 is 0 Å². The third-order valence-electron chi connectivity index (χ3n) is 7.71. The normalized spacial score (nSPS) is 26.3. The first-order valence-electron chi connectivity index (χ1n) is 11.8. The van der Waals surface area contributed by atoms with Gasteiger partial charge in [0, 0.05) is 13.5 Å². The first-order valence-corrected chi connectivity index (χ1v) is 14.1. The van der Waals surface area contributed by atoms with Gasteiger partial charge < -0.3 is 4.74 Å². The predicted molar refractivity (Wildman–Crippen MR) is 149 cm³/mol. The van der Waals surface area contributed by atoms with Gasteiger partial charge in [-0.2, -0.15) is 0 Å². The molecule has 8 nitrogen and oxygen atoms in total. The minimum atomic E-state index is -4.20. The van der Waals surface area contributed by atoms with Crippen molar-refractivity contribution in [2.75, 3.05) is 18.5 Å². The van der Waals surface area contributed by atoms with Crippen LogP contribution < -0.4 is 9.04 Å². The Kier molecular flexibility index (Phi) is 5.43. The lowest BCUT2D eigenvalue weighted by Gasteiger charge is -2.45. The molecule has 2 fully saturated rings. The molecule has 0 aromatic heterocycles. The molecule has 0 radical (unpaired) electrons. The van der Waals surface area contributed by atoms with Gasteiger partial charge in [-0.1, -0.05) is 60.7 Å². The number of carbonyl (C=O) groups is 2. The highest BCUT2D eigenvalue weighted by molar-refractivity contribution is 7.93. The van der Waals surface area contributed by atoms with Gasteiger partial charge in [-0.15, -0.1) is 12.6 Å². The standard InChI is InChI=1S/C27H23N3O5S3/c1-28-23(36)22(31)29-24-26(16-27(29,37)25(28)32,17-12-14-18(35-2)15-13-17)20-10-6-7-11-21(20)30(24)38(33,34)19-8-4-3-5-9-19/h3-15,24,37H,16H2,1-2H3/t24-,26-,27-/m0/s1. The van der Waals surface area contributed by atoms with E-state index in [-0.39, 0.29) is 16.3 Å². The van der Waals surface area contributed by atoms with Crippen molar-refractivity contribution in [3.8, 4) is 5.75 Å². The smallest absolute Gasteiger partial charge is 0.285 e. The third kappa shape index (κ3) is 3.03. The van der Waals surface area contributed by atoms with Crippen LogP contribution >= 0.6 is 24.8 Å². The van der Waals surface area contributed by atoms with Gasteiger partial charge >= 0.3 is 0 Å². The summed E-state index contributed by atoms with van der Waals surface area (Å²) in [4.78, 5) is 28.2. The number of rotatable bonds is 4. The molecule has 194 valence electrons. The van der Waals surface area contributed by atoms with Gasteiger partial charge in [0.2, 0.25) is 0 Å². The molecule has 3 aromatic carbocycles. The quantitative estimate of drug-likeness (QED) is 0.386. The maximum atomic E-state index is 14.3. The zero-order chi connectivity index (χ0) is 27.0. The molecule has 0 bridgehead atoms. The molecule has 3 aliphatic rings. The molecule has 0 unspecified atom stereocenters. The number of methoxy groups -OCH3 is 1. The average molecular weight is 566 g/mol. The number of amides is 2. The minimum absolute atomic E-state index is 0.0372. The van der Waals surface area contributed by atoms with Gasteiger partial charge in [-0.25, -0.2) is 12.7 Å². The maximum absolute atomic E-state index is 14.3. The molecule has 2 amide bonds. The summed E-state index contributed by atoms with van der Waals surface area (Å²) in [6.07, 6.45) is -1.10. The van der Waals surface area contributed by atoms with Crippen LogP contribution in [0.4, 0.5) is 5.69 Å².